The molecule has 6 heteroatoms. The predicted octanol–water partition coefficient (Wildman–Crippen LogP) is 5.22. The number of hydrogen-bond donors (Lipinski definition) is 1. The van der Waals surface area contributed by atoms with Crippen LogP contribution in [0.4, 0.5) is 18.9 Å². The van der Waals surface area contributed by atoms with Gasteiger partial charge >= 0.3 is 6.18 Å². The van der Waals surface area contributed by atoms with Crippen LogP contribution in [0.1, 0.15) is 44.1 Å². The quantitative estimate of drug-likeness (QED) is 0.722. The zero-order chi connectivity index (χ0) is 17.2. The van der Waals surface area contributed by atoms with Crippen LogP contribution < -0.4 is 5.32 Å². The highest BCUT2D eigenvalue weighted by Gasteiger charge is 2.60. The average Bonchev–Trinajstić information content (AvgIpc) is 2.44. The molecule has 0 aliphatic heterocycles. The number of anilines is 1. The zero-order valence-electron chi connectivity index (χ0n) is 13.1. The van der Waals surface area contributed by atoms with E-state index in [1.165, 1.54) is 12.1 Å². The van der Waals surface area contributed by atoms with Crippen LogP contribution in [0.5, 0.6) is 0 Å². The summed E-state index contributed by atoms with van der Waals surface area (Å²) < 4.78 is 38.5. The predicted molar refractivity (Wildman–Crippen MR) is 85.8 cm³/mol. The fraction of sp³-hybridized carbons (Fsp3) is 0.611. The molecule has 1 aromatic carbocycles. The Morgan fingerprint density at radius 1 is 1.17 bits per heavy atom. The van der Waals surface area contributed by atoms with E-state index in [2.05, 4.69) is 5.32 Å². The van der Waals surface area contributed by atoms with Crippen molar-refractivity contribution in [3.05, 3.63) is 29.8 Å². The van der Waals surface area contributed by atoms with Crippen molar-refractivity contribution < 1.29 is 18.0 Å². The van der Waals surface area contributed by atoms with Gasteiger partial charge in [0.05, 0.1) is 11.0 Å². The van der Waals surface area contributed by atoms with E-state index in [0.29, 0.717) is 18.3 Å². The summed E-state index contributed by atoms with van der Waals surface area (Å²) >= 11 is 6.72. The highest BCUT2D eigenvalue weighted by molar-refractivity contribution is 6.24. The Labute approximate surface area is 143 Å². The first kappa shape index (κ1) is 16.2. The molecule has 4 fully saturated rings. The number of alkyl halides is 4. The smallest absolute Gasteiger partial charge is 0.326 e. The number of carbonyl (C=O) groups excluding carboxylic acids is 1. The first-order valence-electron chi connectivity index (χ1n) is 8.35. The van der Waals surface area contributed by atoms with Crippen molar-refractivity contribution in [1.29, 1.82) is 0 Å². The Hall–Kier alpha value is -1.23. The fourth-order valence-corrected chi connectivity index (χ4v) is 6.15. The number of halogens is 4. The summed E-state index contributed by atoms with van der Waals surface area (Å²) in [6.45, 7) is 0. The first-order chi connectivity index (χ1) is 11.2. The minimum atomic E-state index is -4.42. The van der Waals surface area contributed by atoms with E-state index in [4.69, 9.17) is 11.6 Å². The molecule has 24 heavy (non-hydrogen) atoms. The third-order valence-corrected chi connectivity index (χ3v) is 6.36. The highest BCUT2D eigenvalue weighted by atomic mass is 35.5. The maximum atomic E-state index is 12.9. The zero-order valence-corrected chi connectivity index (χ0v) is 13.9. The van der Waals surface area contributed by atoms with Crippen molar-refractivity contribution in [3.63, 3.8) is 0 Å². The lowest BCUT2D eigenvalue weighted by molar-refractivity contribution is -0.139. The summed E-state index contributed by atoms with van der Waals surface area (Å²) in [5.41, 5.74) is -1.06. The SMILES string of the molecule is O=C(Nc1cccc(C(F)(F)F)c1)C12C[C@@H]3C[C@@H](CC(Cl)(C3)C1)C2. The molecule has 0 aromatic heterocycles. The van der Waals surface area contributed by atoms with Gasteiger partial charge in [0.2, 0.25) is 5.91 Å². The molecule has 4 bridgehead atoms. The second kappa shape index (κ2) is 5.13. The molecule has 0 saturated heterocycles. The van der Waals surface area contributed by atoms with E-state index in [-0.39, 0.29) is 16.5 Å². The van der Waals surface area contributed by atoms with Gasteiger partial charge in [0.25, 0.3) is 0 Å². The maximum absolute atomic E-state index is 12.9. The van der Waals surface area contributed by atoms with Crippen molar-refractivity contribution >= 4 is 23.2 Å². The Balaban J connectivity index is 1.57. The van der Waals surface area contributed by atoms with E-state index in [1.807, 2.05) is 0 Å². The van der Waals surface area contributed by atoms with Crippen molar-refractivity contribution in [1.82, 2.24) is 0 Å². The van der Waals surface area contributed by atoms with Crippen molar-refractivity contribution in [3.8, 4) is 0 Å². The molecule has 4 saturated carbocycles. The van der Waals surface area contributed by atoms with Gasteiger partial charge in [-0.3, -0.25) is 4.79 Å². The number of nitrogens with one attached hydrogen (secondary N) is 1. The largest absolute Gasteiger partial charge is 0.416 e. The van der Waals surface area contributed by atoms with Crippen LogP contribution in [0.2, 0.25) is 0 Å². The normalized spacial score (nSPS) is 37.5. The molecule has 1 N–H and O–H groups in total. The molecule has 5 rings (SSSR count). The van der Waals surface area contributed by atoms with Crippen LogP contribution in [0, 0.1) is 17.3 Å². The lowest BCUT2D eigenvalue weighted by atomic mass is 9.49. The summed E-state index contributed by atoms with van der Waals surface area (Å²) in [5, 5.41) is 2.73. The summed E-state index contributed by atoms with van der Waals surface area (Å²) in [6.07, 6.45) is 0.896. The number of carbonyl (C=O) groups is 1. The van der Waals surface area contributed by atoms with Crippen LogP contribution >= 0.6 is 11.6 Å². The number of hydrogen-bond acceptors (Lipinski definition) is 1. The van der Waals surface area contributed by atoms with Crippen molar-refractivity contribution in [2.24, 2.45) is 17.3 Å². The molecule has 4 aliphatic rings. The highest BCUT2D eigenvalue weighted by Crippen LogP contribution is 2.64. The van der Waals surface area contributed by atoms with E-state index >= 15 is 0 Å². The summed E-state index contributed by atoms with van der Waals surface area (Å²) in [6, 6.07) is 4.83. The van der Waals surface area contributed by atoms with Crippen LogP contribution in [0.15, 0.2) is 24.3 Å². The standard InChI is InChI=1S/C18H19ClF3NO/c19-17-8-11-4-12(9-17)7-16(6-11,10-17)15(24)23-14-3-1-2-13(5-14)18(20,21)22/h1-3,5,11-12H,4,6-10H2,(H,23,24)/t11-,12+,16?,17?. The molecule has 130 valence electrons. The van der Waals surface area contributed by atoms with Crippen LogP contribution in [-0.2, 0) is 11.0 Å². The maximum Gasteiger partial charge on any atom is 0.416 e. The lowest BCUT2D eigenvalue weighted by Crippen LogP contribution is -2.57. The van der Waals surface area contributed by atoms with Gasteiger partial charge < -0.3 is 5.32 Å². The molecule has 1 aromatic rings. The van der Waals surface area contributed by atoms with Gasteiger partial charge in [0.15, 0.2) is 0 Å². The molecule has 0 heterocycles. The average molecular weight is 358 g/mol. The van der Waals surface area contributed by atoms with Gasteiger partial charge in [-0.15, -0.1) is 11.6 Å². The van der Waals surface area contributed by atoms with Crippen LogP contribution in [0.3, 0.4) is 0 Å². The minimum Gasteiger partial charge on any atom is -0.326 e. The van der Waals surface area contributed by atoms with Gasteiger partial charge in [0, 0.05) is 10.6 Å². The molecule has 0 spiro atoms. The first-order valence-corrected chi connectivity index (χ1v) is 8.73. The second-order valence-corrected chi connectivity index (χ2v) is 8.73. The van der Waals surface area contributed by atoms with Gasteiger partial charge in [-0.25, -0.2) is 0 Å². The molecule has 4 atom stereocenters. The van der Waals surface area contributed by atoms with Gasteiger partial charge in [0.1, 0.15) is 0 Å². The topological polar surface area (TPSA) is 29.1 Å². The Morgan fingerprint density at radius 3 is 2.42 bits per heavy atom. The molecule has 2 nitrogen and oxygen atoms in total. The van der Waals surface area contributed by atoms with Crippen LogP contribution in [0.25, 0.3) is 0 Å². The lowest BCUT2D eigenvalue weighted by Gasteiger charge is -2.59. The van der Waals surface area contributed by atoms with E-state index in [0.717, 1.165) is 44.2 Å². The molecule has 0 radical (unpaired) electrons. The molecule has 4 aliphatic carbocycles. The monoisotopic (exact) mass is 357 g/mol. The third kappa shape index (κ3) is 2.71. The molecule has 2 unspecified atom stereocenters. The Bertz CT molecular complexity index is 673. The third-order valence-electron chi connectivity index (χ3n) is 5.92. The van der Waals surface area contributed by atoms with Crippen molar-refractivity contribution in [2.45, 2.75) is 49.6 Å². The van der Waals surface area contributed by atoms with E-state index < -0.39 is 17.2 Å². The Kier molecular flexibility index (Phi) is 3.48. The minimum absolute atomic E-state index is 0.166. The van der Waals surface area contributed by atoms with E-state index in [9.17, 15) is 18.0 Å². The summed E-state index contributed by atoms with van der Waals surface area (Å²) in [5.74, 6) is 0.771. The van der Waals surface area contributed by atoms with Gasteiger partial charge in [-0.05, 0) is 68.6 Å². The Morgan fingerprint density at radius 2 is 1.83 bits per heavy atom. The molecule has 1 amide bonds. The molecular weight excluding hydrogens is 339 g/mol. The number of amides is 1. The van der Waals surface area contributed by atoms with E-state index in [1.54, 1.807) is 0 Å². The van der Waals surface area contributed by atoms with Gasteiger partial charge in [-0.2, -0.15) is 13.2 Å². The van der Waals surface area contributed by atoms with Crippen LogP contribution in [-0.4, -0.2) is 10.8 Å². The molecular formula is C18H19ClF3NO. The second-order valence-electron chi connectivity index (χ2n) is 7.92. The number of benzene rings is 1. The number of rotatable bonds is 2. The summed E-state index contributed by atoms with van der Waals surface area (Å²) in [4.78, 5) is 12.6. The van der Waals surface area contributed by atoms with Crippen molar-refractivity contribution in [2.75, 3.05) is 5.32 Å². The van der Waals surface area contributed by atoms with Gasteiger partial charge in [-0.1, -0.05) is 6.07 Å². The summed E-state index contributed by atoms with van der Waals surface area (Å²) in [7, 11) is 0. The fourth-order valence-electron chi connectivity index (χ4n) is 5.45.